The summed E-state index contributed by atoms with van der Waals surface area (Å²) >= 11 is 0. The van der Waals surface area contributed by atoms with Crippen LogP contribution in [0.5, 0.6) is 11.5 Å². The molecule has 0 unspecified atom stereocenters. The van der Waals surface area contributed by atoms with Gasteiger partial charge in [-0.05, 0) is 12.1 Å². The Kier molecular flexibility index (Phi) is 2.68. The van der Waals surface area contributed by atoms with Gasteiger partial charge >= 0.3 is 0 Å². The molecule has 1 aromatic carbocycles. The molecule has 0 amide bonds. The van der Waals surface area contributed by atoms with Crippen molar-refractivity contribution in [1.82, 2.24) is 5.16 Å². The molecule has 0 saturated heterocycles. The summed E-state index contributed by atoms with van der Waals surface area (Å²) in [4.78, 5) is 0. The predicted molar refractivity (Wildman–Crippen MR) is 59.5 cm³/mol. The van der Waals surface area contributed by atoms with Crippen molar-refractivity contribution >= 4 is 5.88 Å². The van der Waals surface area contributed by atoms with Gasteiger partial charge in [0.15, 0.2) is 0 Å². The molecule has 1 heterocycles. The second kappa shape index (κ2) is 4.14. The van der Waals surface area contributed by atoms with Crippen molar-refractivity contribution < 1.29 is 14.0 Å². The number of nitrogen functional groups attached to an aromatic ring is 1. The average Bonchev–Trinajstić information content (AvgIpc) is 2.74. The van der Waals surface area contributed by atoms with Crippen molar-refractivity contribution in [1.29, 1.82) is 0 Å². The van der Waals surface area contributed by atoms with Gasteiger partial charge in [0.2, 0.25) is 5.88 Å². The van der Waals surface area contributed by atoms with Gasteiger partial charge in [-0.15, -0.1) is 0 Å². The lowest BCUT2D eigenvalue weighted by molar-refractivity contribution is 0.395. The van der Waals surface area contributed by atoms with E-state index in [-0.39, 0.29) is 5.88 Å². The summed E-state index contributed by atoms with van der Waals surface area (Å²) in [7, 11) is 3.17. The second-order valence-corrected chi connectivity index (χ2v) is 3.15. The van der Waals surface area contributed by atoms with E-state index in [0.29, 0.717) is 17.2 Å². The maximum absolute atomic E-state index is 5.49. The van der Waals surface area contributed by atoms with E-state index in [1.165, 1.54) is 0 Å². The molecule has 2 rings (SSSR count). The number of nitrogens with zero attached hydrogens (tertiary/aromatic N) is 1. The number of rotatable bonds is 3. The number of hydrogen-bond donors (Lipinski definition) is 1. The van der Waals surface area contributed by atoms with Crippen molar-refractivity contribution in [3.8, 4) is 22.8 Å². The number of nitrogens with two attached hydrogens (primary N) is 1. The number of hydrogen-bond acceptors (Lipinski definition) is 5. The zero-order valence-corrected chi connectivity index (χ0v) is 9.06. The molecule has 5 nitrogen and oxygen atoms in total. The third-order valence-corrected chi connectivity index (χ3v) is 2.21. The highest BCUT2D eigenvalue weighted by atomic mass is 16.5. The van der Waals surface area contributed by atoms with Crippen LogP contribution in [0.1, 0.15) is 0 Å². The fourth-order valence-electron chi connectivity index (χ4n) is 1.51. The summed E-state index contributed by atoms with van der Waals surface area (Å²) < 4.78 is 15.3. The fourth-order valence-corrected chi connectivity index (χ4v) is 1.51. The molecule has 2 aromatic rings. The summed E-state index contributed by atoms with van der Waals surface area (Å²) in [6, 6.07) is 7.11. The number of methoxy groups -OCH3 is 2. The Balaban J connectivity index is 2.60. The number of anilines is 1. The Morgan fingerprint density at radius 2 is 1.81 bits per heavy atom. The molecule has 16 heavy (non-hydrogen) atoms. The van der Waals surface area contributed by atoms with Gasteiger partial charge in [0.1, 0.15) is 17.2 Å². The smallest absolute Gasteiger partial charge is 0.222 e. The first-order chi connectivity index (χ1) is 7.76. The van der Waals surface area contributed by atoms with Gasteiger partial charge in [-0.1, -0.05) is 11.2 Å². The lowest BCUT2D eigenvalue weighted by Gasteiger charge is -2.10. The zero-order chi connectivity index (χ0) is 11.5. The second-order valence-electron chi connectivity index (χ2n) is 3.15. The number of ether oxygens (including phenoxy) is 2. The van der Waals surface area contributed by atoms with Gasteiger partial charge in [0.05, 0.1) is 19.8 Å². The van der Waals surface area contributed by atoms with E-state index in [1.807, 2.05) is 18.2 Å². The van der Waals surface area contributed by atoms with Gasteiger partial charge in [-0.25, -0.2) is 0 Å². The van der Waals surface area contributed by atoms with Gasteiger partial charge in [-0.2, -0.15) is 0 Å². The van der Waals surface area contributed by atoms with E-state index < -0.39 is 0 Å². The van der Waals surface area contributed by atoms with Crippen LogP contribution in [-0.4, -0.2) is 19.4 Å². The van der Waals surface area contributed by atoms with Gasteiger partial charge in [0.25, 0.3) is 0 Å². The van der Waals surface area contributed by atoms with Crippen LogP contribution in [0.3, 0.4) is 0 Å². The molecule has 0 aliphatic carbocycles. The normalized spacial score (nSPS) is 10.1. The Bertz CT molecular complexity index is 471. The molecule has 0 aliphatic rings. The third-order valence-electron chi connectivity index (χ3n) is 2.21. The monoisotopic (exact) mass is 220 g/mol. The van der Waals surface area contributed by atoms with Crippen LogP contribution < -0.4 is 15.2 Å². The Hall–Kier alpha value is -2.17. The predicted octanol–water partition coefficient (Wildman–Crippen LogP) is 1.94. The molecule has 2 N–H and O–H groups in total. The minimum Gasteiger partial charge on any atom is -0.496 e. The third kappa shape index (κ3) is 1.67. The van der Waals surface area contributed by atoms with Crippen molar-refractivity contribution in [2.45, 2.75) is 0 Å². The van der Waals surface area contributed by atoms with Crippen molar-refractivity contribution in [3.63, 3.8) is 0 Å². The largest absolute Gasteiger partial charge is 0.496 e. The first kappa shape index (κ1) is 10.4. The van der Waals surface area contributed by atoms with Crippen LogP contribution in [-0.2, 0) is 0 Å². The van der Waals surface area contributed by atoms with Crippen molar-refractivity contribution in [2.75, 3.05) is 20.0 Å². The summed E-state index contributed by atoms with van der Waals surface area (Å²) in [6.45, 7) is 0. The maximum atomic E-state index is 5.49. The van der Waals surface area contributed by atoms with Crippen molar-refractivity contribution in [2.24, 2.45) is 0 Å². The highest BCUT2D eigenvalue weighted by Crippen LogP contribution is 2.37. The Labute approximate surface area is 92.8 Å². The molecule has 0 aliphatic heterocycles. The molecule has 84 valence electrons. The van der Waals surface area contributed by atoms with E-state index in [9.17, 15) is 0 Å². The van der Waals surface area contributed by atoms with Crippen LogP contribution in [0.15, 0.2) is 28.8 Å². The van der Waals surface area contributed by atoms with Crippen LogP contribution >= 0.6 is 0 Å². The molecule has 0 radical (unpaired) electrons. The highest BCUT2D eigenvalue weighted by molar-refractivity contribution is 5.75. The fraction of sp³-hybridized carbons (Fsp3) is 0.182. The zero-order valence-electron chi connectivity index (χ0n) is 9.06. The lowest BCUT2D eigenvalue weighted by Crippen LogP contribution is -1.92. The summed E-state index contributed by atoms with van der Waals surface area (Å²) in [5, 5.41) is 3.84. The van der Waals surface area contributed by atoms with Gasteiger partial charge < -0.3 is 19.7 Å². The van der Waals surface area contributed by atoms with Crippen LogP contribution in [0.25, 0.3) is 11.3 Å². The summed E-state index contributed by atoms with van der Waals surface area (Å²) in [6.07, 6.45) is 0. The van der Waals surface area contributed by atoms with Crippen LogP contribution in [0.2, 0.25) is 0 Å². The molecular formula is C11H12N2O3. The first-order valence-corrected chi connectivity index (χ1v) is 4.70. The molecule has 0 atom stereocenters. The topological polar surface area (TPSA) is 70.5 Å². The van der Waals surface area contributed by atoms with Crippen LogP contribution in [0.4, 0.5) is 5.88 Å². The standard InChI is InChI=1S/C11H12N2O3/c1-14-8-4-3-5-9(15-2)11(8)7-6-10(12)16-13-7/h3-6H,12H2,1-2H3. The Morgan fingerprint density at radius 3 is 2.25 bits per heavy atom. The van der Waals surface area contributed by atoms with Crippen molar-refractivity contribution in [3.05, 3.63) is 24.3 Å². The first-order valence-electron chi connectivity index (χ1n) is 4.70. The molecule has 0 spiro atoms. The number of aromatic nitrogens is 1. The maximum Gasteiger partial charge on any atom is 0.222 e. The summed E-state index contributed by atoms with van der Waals surface area (Å²) in [5.41, 5.74) is 6.81. The van der Waals surface area contributed by atoms with E-state index in [4.69, 9.17) is 19.7 Å². The average molecular weight is 220 g/mol. The molecular weight excluding hydrogens is 208 g/mol. The lowest BCUT2D eigenvalue weighted by atomic mass is 10.1. The van der Waals surface area contributed by atoms with E-state index >= 15 is 0 Å². The molecule has 1 aromatic heterocycles. The highest BCUT2D eigenvalue weighted by Gasteiger charge is 2.15. The van der Waals surface area contributed by atoms with Crippen LogP contribution in [0, 0.1) is 0 Å². The molecule has 0 saturated carbocycles. The van der Waals surface area contributed by atoms with Gasteiger partial charge in [-0.3, -0.25) is 0 Å². The number of benzene rings is 1. The van der Waals surface area contributed by atoms with Gasteiger partial charge in [0, 0.05) is 6.07 Å². The molecule has 5 heteroatoms. The van der Waals surface area contributed by atoms with E-state index in [2.05, 4.69) is 5.16 Å². The minimum atomic E-state index is 0.253. The quantitative estimate of drug-likeness (QED) is 0.855. The summed E-state index contributed by atoms with van der Waals surface area (Å²) in [5.74, 6) is 1.57. The van der Waals surface area contributed by atoms with E-state index in [0.717, 1.165) is 5.56 Å². The Morgan fingerprint density at radius 1 is 1.19 bits per heavy atom. The molecule has 0 fully saturated rings. The molecule has 0 bridgehead atoms. The van der Waals surface area contributed by atoms with E-state index in [1.54, 1.807) is 20.3 Å². The SMILES string of the molecule is COc1cccc(OC)c1-c1cc(N)on1. The minimum absolute atomic E-state index is 0.253.